The zero-order valence-electron chi connectivity index (χ0n) is 14.2. The summed E-state index contributed by atoms with van der Waals surface area (Å²) in [6, 6.07) is 6.13. The van der Waals surface area contributed by atoms with Crippen molar-refractivity contribution in [1.29, 1.82) is 0 Å². The molecule has 0 aliphatic carbocycles. The van der Waals surface area contributed by atoms with Gasteiger partial charge in [0.1, 0.15) is 13.2 Å². The van der Waals surface area contributed by atoms with Crippen LogP contribution in [-0.2, 0) is 6.42 Å². The average molecular weight is 304 g/mol. The monoisotopic (exact) mass is 304 g/mol. The number of hydrogen-bond acceptors (Lipinski definition) is 2. The van der Waals surface area contributed by atoms with Gasteiger partial charge in [0.25, 0.3) is 0 Å². The number of hydrogen-bond donors (Lipinski definition) is 1. The van der Waals surface area contributed by atoms with Crippen molar-refractivity contribution >= 4 is 0 Å². The Morgan fingerprint density at radius 2 is 1.95 bits per heavy atom. The first kappa shape index (κ1) is 16.9. The predicted molar refractivity (Wildman–Crippen MR) is 90.9 cm³/mol. The van der Waals surface area contributed by atoms with Crippen molar-refractivity contribution in [3.05, 3.63) is 36.4 Å². The quantitative estimate of drug-likeness (QED) is 0.782. The topological polar surface area (TPSA) is 22.9 Å². The number of methoxy groups -OCH3 is 1. The van der Waals surface area contributed by atoms with Gasteiger partial charge in [0.05, 0.1) is 20.2 Å². The third-order valence-corrected chi connectivity index (χ3v) is 4.40. The summed E-state index contributed by atoms with van der Waals surface area (Å²) in [4.78, 5) is 1.66. The predicted octanol–water partition coefficient (Wildman–Crippen LogP) is 2.36. The number of rotatable bonds is 7. The second-order valence-electron chi connectivity index (χ2n) is 6.68. The molecule has 0 aromatic heterocycles. The molecule has 0 saturated carbocycles. The number of allylic oxidation sites excluding steroid dienone is 1. The number of piperidine rings is 1. The van der Waals surface area contributed by atoms with Crippen LogP contribution in [0.5, 0.6) is 11.5 Å². The average Bonchev–Trinajstić information content (AvgIpc) is 2.48. The van der Waals surface area contributed by atoms with E-state index >= 15 is 0 Å². The molecule has 1 aromatic carbocycles. The lowest BCUT2D eigenvalue weighted by molar-refractivity contribution is -0.912. The van der Waals surface area contributed by atoms with Gasteiger partial charge in [-0.15, -0.1) is 6.58 Å². The van der Waals surface area contributed by atoms with E-state index in [4.69, 9.17) is 9.47 Å². The summed E-state index contributed by atoms with van der Waals surface area (Å²) in [5.41, 5.74) is 1.20. The van der Waals surface area contributed by atoms with Gasteiger partial charge in [0.15, 0.2) is 11.5 Å². The van der Waals surface area contributed by atoms with E-state index in [0.29, 0.717) is 0 Å². The van der Waals surface area contributed by atoms with Gasteiger partial charge in [0, 0.05) is 11.8 Å². The van der Waals surface area contributed by atoms with Crippen LogP contribution in [0.4, 0.5) is 0 Å². The molecule has 0 spiro atoms. The molecule has 1 aliphatic heterocycles. The zero-order valence-corrected chi connectivity index (χ0v) is 14.2. The van der Waals surface area contributed by atoms with E-state index < -0.39 is 0 Å². The highest BCUT2D eigenvalue weighted by atomic mass is 16.5. The molecular formula is C19H30NO2+. The Balaban J connectivity index is 1.87. The molecule has 1 N–H and O–H groups in total. The third kappa shape index (κ3) is 4.77. The van der Waals surface area contributed by atoms with E-state index in [9.17, 15) is 0 Å². The normalized spacial score (nSPS) is 24.8. The molecule has 1 aromatic rings. The standard InChI is InChI=1S/C19H29NO2/c1-5-6-17-7-8-18(19(12-17)21-4)22-10-9-20-13-15(2)11-16(3)14-20/h5,7-8,12,15-16H,1,6,9-11,13-14H2,2-4H3/p+1/t15-,16-/m1/s1. The molecule has 1 saturated heterocycles. The number of benzene rings is 1. The SMILES string of the molecule is C=CCc1ccc(OCC[NH+]2C[C@H](C)C[C@@H](C)C2)c(OC)c1. The second-order valence-corrected chi connectivity index (χ2v) is 6.68. The van der Waals surface area contributed by atoms with Crippen molar-refractivity contribution in [2.24, 2.45) is 11.8 Å². The molecule has 1 heterocycles. The first-order valence-corrected chi connectivity index (χ1v) is 8.36. The van der Waals surface area contributed by atoms with Gasteiger partial charge in [-0.3, -0.25) is 0 Å². The maximum Gasteiger partial charge on any atom is 0.161 e. The van der Waals surface area contributed by atoms with Crippen LogP contribution < -0.4 is 14.4 Å². The first-order chi connectivity index (χ1) is 10.6. The summed E-state index contributed by atoms with van der Waals surface area (Å²) in [5, 5.41) is 0. The summed E-state index contributed by atoms with van der Waals surface area (Å²) in [6.07, 6.45) is 4.12. The van der Waals surface area contributed by atoms with Gasteiger partial charge >= 0.3 is 0 Å². The van der Waals surface area contributed by atoms with Crippen LogP contribution in [0, 0.1) is 11.8 Å². The summed E-state index contributed by atoms with van der Waals surface area (Å²) in [7, 11) is 1.69. The number of ether oxygens (including phenoxy) is 2. The molecule has 0 unspecified atom stereocenters. The molecule has 0 bridgehead atoms. The lowest BCUT2D eigenvalue weighted by atomic mass is 9.92. The highest BCUT2D eigenvalue weighted by Gasteiger charge is 2.24. The Morgan fingerprint density at radius 3 is 2.59 bits per heavy atom. The Kier molecular flexibility index (Phi) is 6.32. The van der Waals surface area contributed by atoms with Crippen LogP contribution in [0.25, 0.3) is 0 Å². The maximum absolute atomic E-state index is 5.96. The van der Waals surface area contributed by atoms with E-state index in [1.807, 2.05) is 18.2 Å². The van der Waals surface area contributed by atoms with Crippen molar-refractivity contribution < 1.29 is 14.4 Å². The molecule has 0 radical (unpaired) electrons. The minimum absolute atomic E-state index is 0.742. The first-order valence-electron chi connectivity index (χ1n) is 8.36. The Bertz CT molecular complexity index is 476. The second kappa shape index (κ2) is 8.23. The lowest BCUT2D eigenvalue weighted by Crippen LogP contribution is -3.14. The van der Waals surface area contributed by atoms with E-state index in [0.717, 1.165) is 42.9 Å². The van der Waals surface area contributed by atoms with Crippen molar-refractivity contribution in [3.63, 3.8) is 0 Å². The number of nitrogens with one attached hydrogen (secondary N) is 1. The highest BCUT2D eigenvalue weighted by Crippen LogP contribution is 2.28. The minimum atomic E-state index is 0.742. The molecule has 1 fully saturated rings. The fraction of sp³-hybridized carbons (Fsp3) is 0.579. The van der Waals surface area contributed by atoms with Crippen LogP contribution in [0.1, 0.15) is 25.8 Å². The minimum Gasteiger partial charge on any atom is -0.493 e. The highest BCUT2D eigenvalue weighted by molar-refractivity contribution is 5.43. The van der Waals surface area contributed by atoms with Crippen molar-refractivity contribution in [3.8, 4) is 11.5 Å². The Morgan fingerprint density at radius 1 is 1.23 bits per heavy atom. The molecule has 22 heavy (non-hydrogen) atoms. The van der Waals surface area contributed by atoms with Gasteiger partial charge in [-0.05, 0) is 30.5 Å². The largest absolute Gasteiger partial charge is 0.493 e. The van der Waals surface area contributed by atoms with Crippen LogP contribution in [-0.4, -0.2) is 33.4 Å². The zero-order chi connectivity index (χ0) is 15.9. The fourth-order valence-electron chi connectivity index (χ4n) is 3.56. The third-order valence-electron chi connectivity index (χ3n) is 4.40. The summed E-state index contributed by atoms with van der Waals surface area (Å²) in [6.45, 7) is 12.8. The molecule has 122 valence electrons. The fourth-order valence-corrected chi connectivity index (χ4v) is 3.56. The smallest absolute Gasteiger partial charge is 0.161 e. The van der Waals surface area contributed by atoms with Crippen LogP contribution in [0.15, 0.2) is 30.9 Å². The van der Waals surface area contributed by atoms with E-state index in [1.54, 1.807) is 12.0 Å². The summed E-state index contributed by atoms with van der Waals surface area (Å²) < 4.78 is 11.4. The molecule has 2 atom stereocenters. The molecule has 2 rings (SSSR count). The molecule has 1 aliphatic rings. The summed E-state index contributed by atoms with van der Waals surface area (Å²) in [5.74, 6) is 3.31. The van der Waals surface area contributed by atoms with E-state index in [1.165, 1.54) is 25.1 Å². The van der Waals surface area contributed by atoms with Crippen LogP contribution >= 0.6 is 0 Å². The van der Waals surface area contributed by atoms with Crippen molar-refractivity contribution in [2.45, 2.75) is 26.7 Å². The molecule has 3 heteroatoms. The van der Waals surface area contributed by atoms with Gasteiger partial charge < -0.3 is 14.4 Å². The van der Waals surface area contributed by atoms with Gasteiger partial charge in [-0.1, -0.05) is 26.0 Å². The molecular weight excluding hydrogens is 274 g/mol. The van der Waals surface area contributed by atoms with Crippen molar-refractivity contribution in [2.75, 3.05) is 33.4 Å². The number of quaternary nitrogens is 1. The van der Waals surface area contributed by atoms with E-state index in [-0.39, 0.29) is 0 Å². The Hall–Kier alpha value is -1.48. The van der Waals surface area contributed by atoms with Crippen LogP contribution in [0.3, 0.4) is 0 Å². The van der Waals surface area contributed by atoms with Gasteiger partial charge in [-0.2, -0.15) is 0 Å². The maximum atomic E-state index is 5.96. The van der Waals surface area contributed by atoms with Crippen molar-refractivity contribution in [1.82, 2.24) is 0 Å². The summed E-state index contributed by atoms with van der Waals surface area (Å²) >= 11 is 0. The molecule has 3 nitrogen and oxygen atoms in total. The van der Waals surface area contributed by atoms with E-state index in [2.05, 4.69) is 26.5 Å². The number of likely N-dealkylation sites (tertiary alicyclic amines) is 1. The van der Waals surface area contributed by atoms with Gasteiger partial charge in [0.2, 0.25) is 0 Å². The van der Waals surface area contributed by atoms with Crippen LogP contribution in [0.2, 0.25) is 0 Å². The van der Waals surface area contributed by atoms with Gasteiger partial charge in [-0.25, -0.2) is 0 Å². The molecule has 0 amide bonds. The Labute approximate surface area is 134 Å². The lowest BCUT2D eigenvalue weighted by Gasteiger charge is -2.31.